The van der Waals surface area contributed by atoms with Crippen molar-refractivity contribution in [3.05, 3.63) is 26.7 Å². The molecular formula is C13H14Br2Cl2O3. The molecule has 0 saturated heterocycles. The summed E-state index contributed by atoms with van der Waals surface area (Å²) in [7, 11) is 1.65. The van der Waals surface area contributed by atoms with Gasteiger partial charge in [0.25, 0.3) is 0 Å². The molecule has 0 heterocycles. The summed E-state index contributed by atoms with van der Waals surface area (Å²) in [6.07, 6.45) is 0.816. The molecule has 0 spiro atoms. The first-order valence-electron chi connectivity index (χ1n) is 6.08. The minimum Gasteiger partial charge on any atom is -0.486 e. The van der Waals surface area contributed by atoms with Crippen LogP contribution in [-0.2, 0) is 9.47 Å². The van der Waals surface area contributed by atoms with Gasteiger partial charge in [-0.25, -0.2) is 0 Å². The summed E-state index contributed by atoms with van der Waals surface area (Å²) in [5.74, 6) is 0.574. The molecule has 0 aliphatic heterocycles. The molecule has 20 heavy (non-hydrogen) atoms. The number of hydrogen-bond donors (Lipinski definition) is 0. The van der Waals surface area contributed by atoms with Crippen LogP contribution in [0.4, 0.5) is 0 Å². The summed E-state index contributed by atoms with van der Waals surface area (Å²) in [5.41, 5.74) is 0. The lowest BCUT2D eigenvalue weighted by molar-refractivity contribution is -0.0865. The zero-order valence-electron chi connectivity index (χ0n) is 10.7. The van der Waals surface area contributed by atoms with Gasteiger partial charge >= 0.3 is 0 Å². The Labute approximate surface area is 145 Å². The largest absolute Gasteiger partial charge is 0.486 e. The van der Waals surface area contributed by atoms with Gasteiger partial charge in [-0.1, -0.05) is 39.1 Å². The van der Waals surface area contributed by atoms with Crippen LogP contribution in [-0.4, -0.2) is 37.4 Å². The summed E-state index contributed by atoms with van der Waals surface area (Å²) in [6, 6.07) is 3.44. The van der Waals surface area contributed by atoms with Gasteiger partial charge in [-0.3, -0.25) is 0 Å². The van der Waals surface area contributed by atoms with E-state index in [1.807, 2.05) is 0 Å². The molecule has 112 valence electrons. The highest BCUT2D eigenvalue weighted by Gasteiger charge is 2.42. The maximum Gasteiger partial charge on any atom is 0.140 e. The average Bonchev–Trinajstić information content (AvgIpc) is 2.40. The van der Waals surface area contributed by atoms with E-state index >= 15 is 0 Å². The summed E-state index contributed by atoms with van der Waals surface area (Å²) in [5, 5.41) is 1.09. The Bertz CT molecular complexity index is 473. The quantitative estimate of drug-likeness (QED) is 0.358. The van der Waals surface area contributed by atoms with E-state index in [1.54, 1.807) is 19.2 Å². The van der Waals surface area contributed by atoms with Crippen molar-refractivity contribution in [2.75, 3.05) is 20.3 Å². The highest BCUT2D eigenvalue weighted by molar-refractivity contribution is 9.10. The number of ether oxygens (including phenoxy) is 3. The second-order valence-corrected chi connectivity index (χ2v) is 7.28. The zero-order valence-corrected chi connectivity index (χ0v) is 15.4. The lowest BCUT2D eigenvalue weighted by Crippen LogP contribution is -2.52. The number of alkyl halides is 1. The molecule has 3 nitrogen and oxygen atoms in total. The Kier molecular flexibility index (Phi) is 6.45. The number of rotatable bonds is 6. The molecule has 7 heteroatoms. The van der Waals surface area contributed by atoms with Gasteiger partial charge < -0.3 is 14.2 Å². The SMILES string of the molecule is COCCOC1C(Br)CC1Oc1cc(Cl)c(Br)cc1Cl. The number of methoxy groups -OCH3 is 1. The summed E-state index contributed by atoms with van der Waals surface area (Å²) in [6.45, 7) is 1.10. The Morgan fingerprint density at radius 1 is 1.25 bits per heavy atom. The highest BCUT2D eigenvalue weighted by atomic mass is 79.9. The van der Waals surface area contributed by atoms with Crippen molar-refractivity contribution >= 4 is 55.1 Å². The van der Waals surface area contributed by atoms with Crippen LogP contribution < -0.4 is 4.74 Å². The first kappa shape index (κ1) is 16.8. The van der Waals surface area contributed by atoms with E-state index in [2.05, 4.69) is 31.9 Å². The van der Waals surface area contributed by atoms with Gasteiger partial charge in [0.15, 0.2) is 0 Å². The first-order chi connectivity index (χ1) is 9.52. The van der Waals surface area contributed by atoms with E-state index in [-0.39, 0.29) is 17.0 Å². The number of benzene rings is 1. The molecule has 1 aromatic carbocycles. The van der Waals surface area contributed by atoms with Crippen molar-refractivity contribution in [3.63, 3.8) is 0 Å². The van der Waals surface area contributed by atoms with Gasteiger partial charge in [-0.05, 0) is 22.0 Å². The van der Waals surface area contributed by atoms with Crippen LogP contribution >= 0.6 is 55.1 Å². The molecule has 0 radical (unpaired) electrons. The van der Waals surface area contributed by atoms with E-state index in [9.17, 15) is 0 Å². The maximum absolute atomic E-state index is 6.15. The first-order valence-corrected chi connectivity index (χ1v) is 8.55. The summed E-state index contributed by atoms with van der Waals surface area (Å²) >= 11 is 19.1. The van der Waals surface area contributed by atoms with Crippen molar-refractivity contribution in [3.8, 4) is 5.75 Å². The minimum atomic E-state index is -0.0361. The summed E-state index contributed by atoms with van der Waals surface area (Å²) in [4.78, 5) is 0.286. The Balaban J connectivity index is 1.97. The van der Waals surface area contributed by atoms with Crippen LogP contribution in [0.5, 0.6) is 5.75 Å². The molecule has 1 saturated carbocycles. The van der Waals surface area contributed by atoms with Crippen molar-refractivity contribution < 1.29 is 14.2 Å². The standard InChI is InChI=1S/C13H14Br2Cl2O3/c1-18-2-3-19-13-8(15)5-12(13)20-11-6-9(16)7(14)4-10(11)17/h4,6,8,12-13H,2-3,5H2,1H3. The zero-order chi connectivity index (χ0) is 14.7. The number of halogens is 4. The third kappa shape index (κ3) is 4.02. The van der Waals surface area contributed by atoms with Gasteiger partial charge in [0, 0.05) is 28.9 Å². The van der Waals surface area contributed by atoms with Crippen LogP contribution in [0.2, 0.25) is 10.0 Å². The number of hydrogen-bond acceptors (Lipinski definition) is 3. The van der Waals surface area contributed by atoms with E-state index in [1.165, 1.54) is 0 Å². The second-order valence-electron chi connectivity index (χ2n) is 4.43. The maximum atomic E-state index is 6.15. The second kappa shape index (κ2) is 7.65. The molecule has 0 N–H and O–H groups in total. The normalized spacial score (nSPS) is 25.4. The smallest absolute Gasteiger partial charge is 0.140 e. The van der Waals surface area contributed by atoms with Crippen LogP contribution in [0.3, 0.4) is 0 Å². The lowest BCUT2D eigenvalue weighted by atomic mass is 9.91. The molecule has 2 rings (SSSR count). The van der Waals surface area contributed by atoms with Crippen LogP contribution in [0.15, 0.2) is 16.6 Å². The molecule has 1 fully saturated rings. The van der Waals surface area contributed by atoms with Gasteiger partial charge in [-0.2, -0.15) is 0 Å². The molecule has 0 bridgehead atoms. The molecule has 0 aromatic heterocycles. The Morgan fingerprint density at radius 2 is 2.00 bits per heavy atom. The fourth-order valence-electron chi connectivity index (χ4n) is 1.88. The topological polar surface area (TPSA) is 27.7 Å². The van der Waals surface area contributed by atoms with Gasteiger partial charge in [0.05, 0.1) is 23.3 Å². The average molecular weight is 449 g/mol. The molecule has 1 aromatic rings. The monoisotopic (exact) mass is 446 g/mol. The van der Waals surface area contributed by atoms with Crippen molar-refractivity contribution in [2.24, 2.45) is 0 Å². The van der Waals surface area contributed by atoms with Crippen molar-refractivity contribution in [1.82, 2.24) is 0 Å². The molecule has 3 unspecified atom stereocenters. The van der Waals surface area contributed by atoms with Crippen molar-refractivity contribution in [1.29, 1.82) is 0 Å². The fraction of sp³-hybridized carbons (Fsp3) is 0.538. The fourth-order valence-corrected chi connectivity index (χ4v) is 3.58. The minimum absolute atomic E-state index is 0.0105. The Hall–Kier alpha value is 0.480. The lowest BCUT2D eigenvalue weighted by Gasteiger charge is -2.41. The summed E-state index contributed by atoms with van der Waals surface area (Å²) < 4.78 is 17.3. The van der Waals surface area contributed by atoms with Crippen molar-refractivity contribution in [2.45, 2.75) is 23.5 Å². The molecule has 1 aliphatic carbocycles. The van der Waals surface area contributed by atoms with E-state index in [4.69, 9.17) is 37.4 Å². The van der Waals surface area contributed by atoms with E-state index in [0.29, 0.717) is 29.0 Å². The molecule has 1 aliphatic rings. The molecule has 3 atom stereocenters. The highest BCUT2D eigenvalue weighted by Crippen LogP contribution is 2.39. The third-order valence-electron chi connectivity index (χ3n) is 3.03. The van der Waals surface area contributed by atoms with Crippen LogP contribution in [0, 0.1) is 0 Å². The van der Waals surface area contributed by atoms with Gasteiger partial charge in [-0.15, -0.1) is 0 Å². The third-order valence-corrected chi connectivity index (χ3v) is 5.42. The van der Waals surface area contributed by atoms with Gasteiger partial charge in [0.1, 0.15) is 18.0 Å². The predicted octanol–water partition coefficient (Wildman–Crippen LogP) is 4.70. The van der Waals surface area contributed by atoms with E-state index < -0.39 is 0 Å². The van der Waals surface area contributed by atoms with Crippen LogP contribution in [0.1, 0.15) is 6.42 Å². The van der Waals surface area contributed by atoms with Gasteiger partial charge in [0.2, 0.25) is 0 Å². The van der Waals surface area contributed by atoms with E-state index in [0.717, 1.165) is 10.9 Å². The molecule has 0 amide bonds. The molecular weight excluding hydrogens is 435 g/mol. The van der Waals surface area contributed by atoms with Crippen LogP contribution in [0.25, 0.3) is 0 Å². The predicted molar refractivity (Wildman–Crippen MR) is 87.5 cm³/mol. The Morgan fingerprint density at radius 3 is 2.65 bits per heavy atom.